The molecule has 4 fully saturated rings. The lowest BCUT2D eigenvalue weighted by Gasteiger charge is -2.41. The summed E-state index contributed by atoms with van der Waals surface area (Å²) < 4.78 is 0. The van der Waals surface area contributed by atoms with Crippen LogP contribution in [0.5, 0.6) is 0 Å². The van der Waals surface area contributed by atoms with E-state index in [1.807, 2.05) is 6.07 Å². The number of hydrogen-bond donors (Lipinski definition) is 3. The van der Waals surface area contributed by atoms with Crippen LogP contribution in [-0.4, -0.2) is 79.5 Å². The molecule has 196 valence electrons. The molecule has 4 aliphatic heterocycles. The Labute approximate surface area is 213 Å². The molecule has 9 heteroatoms. The molecule has 0 radical (unpaired) electrons. The Morgan fingerprint density at radius 3 is 2.28 bits per heavy atom. The predicted molar refractivity (Wildman–Crippen MR) is 138 cm³/mol. The molecule has 3 amide bonds. The van der Waals surface area contributed by atoms with E-state index in [1.165, 1.54) is 71.2 Å². The Balaban J connectivity index is 1.05. The number of nitrogens with zero attached hydrogens (tertiary/aromatic N) is 3. The SMILES string of the molecule is O=C1CCC(NC(=O)c2ccc(N3CCC(C4CCN(CC5CCNCC5)CC4)CC3)cn2)C(=O)N1. The number of imide groups is 1. The van der Waals surface area contributed by atoms with Gasteiger partial charge in [0, 0.05) is 26.1 Å². The highest BCUT2D eigenvalue weighted by Crippen LogP contribution is 2.34. The lowest BCUT2D eigenvalue weighted by Crippen LogP contribution is -2.52. The van der Waals surface area contributed by atoms with Gasteiger partial charge in [0.05, 0.1) is 11.9 Å². The second-order valence-electron chi connectivity index (χ2n) is 11.0. The first-order valence-electron chi connectivity index (χ1n) is 13.8. The Hall–Kier alpha value is -2.52. The maximum absolute atomic E-state index is 12.5. The van der Waals surface area contributed by atoms with Gasteiger partial charge in [0.25, 0.3) is 5.91 Å². The number of carbonyl (C=O) groups is 3. The number of likely N-dealkylation sites (tertiary alicyclic amines) is 1. The number of anilines is 1. The van der Waals surface area contributed by atoms with Crippen LogP contribution in [0, 0.1) is 17.8 Å². The van der Waals surface area contributed by atoms with Crippen molar-refractivity contribution in [3.05, 3.63) is 24.0 Å². The zero-order valence-corrected chi connectivity index (χ0v) is 21.2. The summed E-state index contributed by atoms with van der Waals surface area (Å²) >= 11 is 0. The number of hydrogen-bond acceptors (Lipinski definition) is 7. The van der Waals surface area contributed by atoms with Crippen LogP contribution in [0.1, 0.15) is 61.9 Å². The third-order valence-electron chi connectivity index (χ3n) is 8.70. The molecule has 4 saturated heterocycles. The average molecular weight is 497 g/mol. The molecule has 36 heavy (non-hydrogen) atoms. The topological polar surface area (TPSA) is 107 Å². The monoisotopic (exact) mass is 496 g/mol. The van der Waals surface area contributed by atoms with Gasteiger partial charge < -0.3 is 20.4 Å². The zero-order valence-electron chi connectivity index (χ0n) is 21.2. The number of nitrogens with one attached hydrogen (secondary N) is 3. The molecule has 0 bridgehead atoms. The standard InChI is InChI=1S/C27H40N6O3/c34-25-4-3-24(27(36)31-25)30-26(35)23-2-1-22(17-29-23)33-15-9-21(10-16-33)20-7-13-32(14-8-20)18-19-5-11-28-12-6-19/h1-2,17,19-21,24,28H,3-16,18H2,(H,30,35)(H,31,34,36). The molecule has 0 aliphatic carbocycles. The fourth-order valence-corrected chi connectivity index (χ4v) is 6.44. The molecule has 5 heterocycles. The molecular formula is C27H40N6O3. The van der Waals surface area contributed by atoms with Crippen LogP contribution in [0.2, 0.25) is 0 Å². The second-order valence-corrected chi connectivity index (χ2v) is 11.0. The van der Waals surface area contributed by atoms with Crippen LogP contribution in [-0.2, 0) is 9.59 Å². The molecule has 1 aromatic heterocycles. The van der Waals surface area contributed by atoms with Crippen molar-refractivity contribution >= 4 is 23.4 Å². The number of pyridine rings is 1. The van der Waals surface area contributed by atoms with Crippen LogP contribution in [0.4, 0.5) is 5.69 Å². The van der Waals surface area contributed by atoms with E-state index < -0.39 is 11.9 Å². The molecule has 1 unspecified atom stereocenters. The average Bonchev–Trinajstić information content (AvgIpc) is 2.91. The van der Waals surface area contributed by atoms with Gasteiger partial charge in [-0.2, -0.15) is 0 Å². The zero-order chi connectivity index (χ0) is 24.9. The molecule has 1 aromatic rings. The first-order chi connectivity index (χ1) is 17.5. The highest BCUT2D eigenvalue weighted by molar-refractivity contribution is 6.03. The van der Waals surface area contributed by atoms with Crippen molar-refractivity contribution in [2.24, 2.45) is 17.8 Å². The van der Waals surface area contributed by atoms with E-state index in [9.17, 15) is 14.4 Å². The van der Waals surface area contributed by atoms with Crippen molar-refractivity contribution in [3.63, 3.8) is 0 Å². The smallest absolute Gasteiger partial charge is 0.270 e. The van der Waals surface area contributed by atoms with Gasteiger partial charge in [-0.05, 0) is 101 Å². The van der Waals surface area contributed by atoms with E-state index >= 15 is 0 Å². The molecular weight excluding hydrogens is 456 g/mol. The van der Waals surface area contributed by atoms with E-state index in [1.54, 1.807) is 12.3 Å². The fourth-order valence-electron chi connectivity index (χ4n) is 6.44. The van der Waals surface area contributed by atoms with Crippen molar-refractivity contribution in [3.8, 4) is 0 Å². The molecule has 0 aromatic carbocycles. The Bertz CT molecular complexity index is 916. The summed E-state index contributed by atoms with van der Waals surface area (Å²) in [6, 6.07) is 2.99. The van der Waals surface area contributed by atoms with Gasteiger partial charge in [-0.1, -0.05) is 0 Å². The van der Waals surface area contributed by atoms with Crippen LogP contribution in [0.3, 0.4) is 0 Å². The van der Waals surface area contributed by atoms with Crippen LogP contribution in [0.25, 0.3) is 0 Å². The van der Waals surface area contributed by atoms with Crippen LogP contribution in [0.15, 0.2) is 18.3 Å². The minimum Gasteiger partial charge on any atom is -0.370 e. The summed E-state index contributed by atoms with van der Waals surface area (Å²) in [5.41, 5.74) is 1.33. The Kier molecular flexibility index (Phi) is 8.16. The summed E-state index contributed by atoms with van der Waals surface area (Å²) in [7, 11) is 0. The van der Waals surface area contributed by atoms with Crippen LogP contribution >= 0.6 is 0 Å². The third-order valence-corrected chi connectivity index (χ3v) is 8.70. The maximum Gasteiger partial charge on any atom is 0.270 e. The second kappa shape index (κ2) is 11.7. The molecule has 0 spiro atoms. The normalized spacial score (nSPS) is 25.6. The van der Waals surface area contributed by atoms with Gasteiger partial charge in [-0.15, -0.1) is 0 Å². The Morgan fingerprint density at radius 2 is 1.64 bits per heavy atom. The summed E-state index contributed by atoms with van der Waals surface area (Å²) in [4.78, 5) is 45.2. The van der Waals surface area contributed by atoms with E-state index in [4.69, 9.17) is 0 Å². The summed E-state index contributed by atoms with van der Waals surface area (Å²) in [6.07, 6.45) is 10.1. The molecule has 4 aliphatic rings. The number of carbonyl (C=O) groups excluding carboxylic acids is 3. The quantitative estimate of drug-likeness (QED) is 0.513. The van der Waals surface area contributed by atoms with Crippen molar-refractivity contribution in [2.75, 3.05) is 50.7 Å². The van der Waals surface area contributed by atoms with Gasteiger partial charge in [0.2, 0.25) is 11.8 Å². The maximum atomic E-state index is 12.5. The number of amides is 3. The molecule has 1 atom stereocenters. The fraction of sp³-hybridized carbons (Fsp3) is 0.704. The van der Waals surface area contributed by atoms with Gasteiger partial charge in [0.1, 0.15) is 11.7 Å². The minimum absolute atomic E-state index is 0.233. The first kappa shape index (κ1) is 25.1. The molecule has 9 nitrogen and oxygen atoms in total. The third kappa shape index (κ3) is 6.24. The predicted octanol–water partition coefficient (Wildman–Crippen LogP) is 1.54. The minimum atomic E-state index is -0.688. The summed E-state index contributed by atoms with van der Waals surface area (Å²) in [6.45, 7) is 8.26. The molecule has 0 saturated carbocycles. The van der Waals surface area contributed by atoms with Gasteiger partial charge in [-0.25, -0.2) is 4.98 Å². The van der Waals surface area contributed by atoms with E-state index in [0.717, 1.165) is 36.5 Å². The van der Waals surface area contributed by atoms with E-state index in [2.05, 4.69) is 30.7 Å². The number of aromatic nitrogens is 1. The van der Waals surface area contributed by atoms with E-state index in [-0.39, 0.29) is 23.9 Å². The summed E-state index contributed by atoms with van der Waals surface area (Å²) in [5, 5.41) is 8.42. The van der Waals surface area contributed by atoms with Crippen molar-refractivity contribution in [2.45, 2.75) is 57.4 Å². The van der Waals surface area contributed by atoms with Crippen LogP contribution < -0.4 is 20.9 Å². The number of rotatable bonds is 6. The summed E-state index contributed by atoms with van der Waals surface area (Å²) in [5.74, 6) is 1.42. The largest absolute Gasteiger partial charge is 0.370 e. The van der Waals surface area contributed by atoms with E-state index in [0.29, 0.717) is 6.42 Å². The first-order valence-corrected chi connectivity index (χ1v) is 13.8. The van der Waals surface area contributed by atoms with Gasteiger partial charge in [0.15, 0.2) is 0 Å². The van der Waals surface area contributed by atoms with Gasteiger partial charge in [-0.3, -0.25) is 19.7 Å². The van der Waals surface area contributed by atoms with Gasteiger partial charge >= 0.3 is 0 Å². The Morgan fingerprint density at radius 1 is 0.944 bits per heavy atom. The lowest BCUT2D eigenvalue weighted by atomic mass is 9.78. The highest BCUT2D eigenvalue weighted by atomic mass is 16.2. The molecule has 5 rings (SSSR count). The van der Waals surface area contributed by atoms with Crippen molar-refractivity contribution in [1.82, 2.24) is 25.8 Å². The number of piperidine rings is 4. The molecule has 3 N–H and O–H groups in total. The van der Waals surface area contributed by atoms with Crippen molar-refractivity contribution in [1.29, 1.82) is 0 Å². The highest BCUT2D eigenvalue weighted by Gasteiger charge is 2.31. The van der Waals surface area contributed by atoms with Crippen molar-refractivity contribution < 1.29 is 14.4 Å². The lowest BCUT2D eigenvalue weighted by molar-refractivity contribution is -0.134.